The molecule has 20 heavy (non-hydrogen) atoms. The summed E-state index contributed by atoms with van der Waals surface area (Å²) in [7, 11) is -0.321. The maximum absolute atomic E-state index is 12.2. The van der Waals surface area contributed by atoms with Gasteiger partial charge in [-0.05, 0) is 30.3 Å². The highest BCUT2D eigenvalue weighted by molar-refractivity contribution is 7.99. The van der Waals surface area contributed by atoms with Crippen LogP contribution in [0.2, 0.25) is 0 Å². The molecule has 4 nitrogen and oxygen atoms in total. The van der Waals surface area contributed by atoms with E-state index in [-0.39, 0.29) is 0 Å². The molecular formula is C14H14N2O2S2. The van der Waals surface area contributed by atoms with Gasteiger partial charge in [0.15, 0.2) is 0 Å². The van der Waals surface area contributed by atoms with Crippen molar-refractivity contribution in [2.75, 3.05) is 19.4 Å². The molecule has 6 heteroatoms. The van der Waals surface area contributed by atoms with E-state index in [9.17, 15) is 8.42 Å². The van der Waals surface area contributed by atoms with Crippen LogP contribution in [0, 0.1) is 0 Å². The maximum atomic E-state index is 12.2. The van der Waals surface area contributed by atoms with Gasteiger partial charge in [-0.25, -0.2) is 12.7 Å². The summed E-state index contributed by atoms with van der Waals surface area (Å²) in [6.45, 7) is 0. The summed E-state index contributed by atoms with van der Waals surface area (Å²) < 4.78 is 25.5. The minimum absolute atomic E-state index is 0.315. The van der Waals surface area contributed by atoms with Crippen LogP contribution in [0.4, 0.5) is 11.4 Å². The summed E-state index contributed by atoms with van der Waals surface area (Å²) in [5.41, 5.74) is 1.99. The van der Waals surface area contributed by atoms with Gasteiger partial charge in [-0.15, -0.1) is 0 Å². The molecule has 0 bridgehead atoms. The lowest BCUT2D eigenvalue weighted by molar-refractivity contribution is 0.520. The predicted octanol–water partition coefficient (Wildman–Crippen LogP) is 3.15. The van der Waals surface area contributed by atoms with Crippen LogP contribution in [0.1, 0.15) is 0 Å². The fourth-order valence-corrected chi connectivity index (χ4v) is 4.01. The van der Waals surface area contributed by atoms with Crippen LogP contribution in [-0.2, 0) is 10.0 Å². The third-order valence-electron chi connectivity index (χ3n) is 3.11. The Morgan fingerprint density at radius 2 is 1.70 bits per heavy atom. The molecule has 104 valence electrons. The minimum atomic E-state index is -3.40. The van der Waals surface area contributed by atoms with E-state index in [2.05, 4.69) is 5.32 Å². The minimum Gasteiger partial charge on any atom is -0.354 e. The zero-order valence-electron chi connectivity index (χ0n) is 11.1. The molecule has 0 amide bonds. The maximum Gasteiger partial charge on any atom is 0.242 e. The number of hydrogen-bond acceptors (Lipinski definition) is 4. The zero-order valence-corrected chi connectivity index (χ0v) is 12.8. The fourth-order valence-electron chi connectivity index (χ4n) is 1.98. The lowest BCUT2D eigenvalue weighted by Crippen LogP contribution is -2.22. The van der Waals surface area contributed by atoms with Crippen LogP contribution in [-0.4, -0.2) is 26.8 Å². The number of rotatable bonds is 2. The molecule has 1 aliphatic heterocycles. The number of para-hydroxylation sites is 1. The van der Waals surface area contributed by atoms with Gasteiger partial charge in [-0.2, -0.15) is 0 Å². The quantitative estimate of drug-likeness (QED) is 0.790. The third-order valence-corrected chi connectivity index (χ3v) is 6.05. The third kappa shape index (κ3) is 2.19. The highest BCUT2D eigenvalue weighted by Crippen LogP contribution is 2.44. The van der Waals surface area contributed by atoms with Crippen LogP contribution in [0.15, 0.2) is 57.2 Å². The van der Waals surface area contributed by atoms with Crippen molar-refractivity contribution in [3.8, 4) is 0 Å². The molecule has 0 unspecified atom stereocenters. The summed E-state index contributed by atoms with van der Waals surface area (Å²) in [6.07, 6.45) is 0. The highest BCUT2D eigenvalue weighted by Gasteiger charge is 2.21. The van der Waals surface area contributed by atoms with E-state index >= 15 is 0 Å². The van der Waals surface area contributed by atoms with Crippen molar-refractivity contribution in [2.24, 2.45) is 0 Å². The monoisotopic (exact) mass is 306 g/mol. The molecule has 0 atom stereocenters. The van der Waals surface area contributed by atoms with E-state index in [0.29, 0.717) is 4.90 Å². The standard InChI is InChI=1S/C14H14N2O2S2/c1-16(2)20(17,18)10-7-8-12-14(9-10)19-13-6-4-3-5-11(13)15-12/h3-9,15H,1-2H3. The second-order valence-electron chi connectivity index (χ2n) is 4.67. The highest BCUT2D eigenvalue weighted by atomic mass is 32.2. The smallest absolute Gasteiger partial charge is 0.242 e. The topological polar surface area (TPSA) is 49.4 Å². The Morgan fingerprint density at radius 1 is 1.00 bits per heavy atom. The number of anilines is 2. The van der Waals surface area contributed by atoms with Gasteiger partial charge in [-0.1, -0.05) is 23.9 Å². The Bertz CT molecular complexity index is 770. The van der Waals surface area contributed by atoms with Gasteiger partial charge in [-0.3, -0.25) is 0 Å². The van der Waals surface area contributed by atoms with E-state index in [0.717, 1.165) is 21.2 Å². The van der Waals surface area contributed by atoms with Crippen molar-refractivity contribution < 1.29 is 8.42 Å². The number of fused-ring (bicyclic) bond motifs is 2. The molecule has 0 radical (unpaired) electrons. The van der Waals surface area contributed by atoms with Gasteiger partial charge in [0.05, 0.1) is 16.3 Å². The van der Waals surface area contributed by atoms with Crippen molar-refractivity contribution in [3.63, 3.8) is 0 Å². The molecule has 0 aliphatic carbocycles. The van der Waals surface area contributed by atoms with Crippen LogP contribution >= 0.6 is 11.8 Å². The average molecular weight is 306 g/mol. The molecule has 0 saturated heterocycles. The zero-order chi connectivity index (χ0) is 14.3. The molecule has 1 aliphatic rings. The van der Waals surface area contributed by atoms with Gasteiger partial charge in [0.25, 0.3) is 0 Å². The van der Waals surface area contributed by atoms with E-state index in [1.807, 2.05) is 30.3 Å². The van der Waals surface area contributed by atoms with Crippen molar-refractivity contribution in [3.05, 3.63) is 42.5 Å². The van der Waals surface area contributed by atoms with Crippen molar-refractivity contribution in [1.82, 2.24) is 4.31 Å². The van der Waals surface area contributed by atoms with Crippen LogP contribution in [0.3, 0.4) is 0 Å². The Morgan fingerprint density at radius 3 is 2.45 bits per heavy atom. The molecule has 0 aromatic heterocycles. The van der Waals surface area contributed by atoms with Crippen LogP contribution in [0.25, 0.3) is 0 Å². The SMILES string of the molecule is CN(C)S(=O)(=O)c1ccc2c(c1)Sc1ccccc1N2. The fraction of sp³-hybridized carbons (Fsp3) is 0.143. The molecular weight excluding hydrogens is 292 g/mol. The summed E-state index contributed by atoms with van der Waals surface area (Å²) >= 11 is 1.58. The second-order valence-corrected chi connectivity index (χ2v) is 7.90. The summed E-state index contributed by atoms with van der Waals surface area (Å²) in [5, 5.41) is 3.32. The lowest BCUT2D eigenvalue weighted by Gasteiger charge is -2.21. The number of nitrogens with zero attached hydrogens (tertiary/aromatic N) is 1. The Kier molecular flexibility index (Phi) is 3.24. The van der Waals surface area contributed by atoms with E-state index in [4.69, 9.17) is 0 Å². The molecule has 3 rings (SSSR count). The molecule has 0 saturated carbocycles. The van der Waals surface area contributed by atoms with Gasteiger partial charge >= 0.3 is 0 Å². The summed E-state index contributed by atoms with van der Waals surface area (Å²) in [6, 6.07) is 13.1. The summed E-state index contributed by atoms with van der Waals surface area (Å²) in [4.78, 5) is 2.33. The first-order chi connectivity index (χ1) is 9.48. The molecule has 1 heterocycles. The van der Waals surface area contributed by atoms with Crippen molar-refractivity contribution >= 4 is 33.2 Å². The Balaban J connectivity index is 2.05. The Labute approximate surface area is 122 Å². The van der Waals surface area contributed by atoms with Gasteiger partial charge < -0.3 is 5.32 Å². The lowest BCUT2D eigenvalue weighted by atomic mass is 10.2. The van der Waals surface area contributed by atoms with Crippen LogP contribution < -0.4 is 5.32 Å². The van der Waals surface area contributed by atoms with Crippen molar-refractivity contribution in [1.29, 1.82) is 0 Å². The summed E-state index contributed by atoms with van der Waals surface area (Å²) in [5.74, 6) is 0. The molecule has 1 N–H and O–H groups in total. The van der Waals surface area contributed by atoms with Crippen molar-refractivity contribution in [2.45, 2.75) is 14.7 Å². The van der Waals surface area contributed by atoms with E-state index in [1.54, 1.807) is 23.9 Å². The van der Waals surface area contributed by atoms with E-state index < -0.39 is 10.0 Å². The molecule has 0 spiro atoms. The van der Waals surface area contributed by atoms with Gasteiger partial charge in [0.2, 0.25) is 10.0 Å². The number of sulfonamides is 1. The number of benzene rings is 2. The largest absolute Gasteiger partial charge is 0.354 e. The van der Waals surface area contributed by atoms with E-state index in [1.165, 1.54) is 18.4 Å². The normalized spacial score (nSPS) is 13.6. The van der Waals surface area contributed by atoms with Gasteiger partial charge in [0.1, 0.15) is 0 Å². The number of nitrogens with one attached hydrogen (secondary N) is 1. The number of hydrogen-bond donors (Lipinski definition) is 1. The first-order valence-corrected chi connectivity index (χ1v) is 8.34. The van der Waals surface area contributed by atoms with Gasteiger partial charge in [0, 0.05) is 23.9 Å². The first kappa shape index (κ1) is 13.5. The molecule has 2 aromatic rings. The second kappa shape index (κ2) is 4.80. The predicted molar refractivity (Wildman–Crippen MR) is 81.2 cm³/mol. The average Bonchev–Trinajstić information content (AvgIpc) is 2.44. The first-order valence-electron chi connectivity index (χ1n) is 6.09. The molecule has 2 aromatic carbocycles. The molecule has 0 fully saturated rings. The Hall–Kier alpha value is -1.50. The van der Waals surface area contributed by atoms with Crippen LogP contribution in [0.5, 0.6) is 0 Å².